The molecule has 21 heavy (non-hydrogen) atoms. The van der Waals surface area contributed by atoms with Crippen molar-refractivity contribution in [3.05, 3.63) is 40.1 Å². The van der Waals surface area contributed by atoms with Gasteiger partial charge in [-0.25, -0.2) is 4.39 Å². The van der Waals surface area contributed by atoms with Crippen LogP contribution in [0.3, 0.4) is 0 Å². The Balaban J connectivity index is 2.07. The molecule has 112 valence electrons. The minimum absolute atomic E-state index is 0.0811. The first-order valence-corrected chi connectivity index (χ1v) is 7.32. The van der Waals surface area contributed by atoms with Crippen LogP contribution in [-0.2, 0) is 9.59 Å². The Morgan fingerprint density at radius 2 is 2.14 bits per heavy atom. The van der Waals surface area contributed by atoms with E-state index in [-0.39, 0.29) is 18.4 Å². The van der Waals surface area contributed by atoms with Crippen LogP contribution < -0.4 is 0 Å². The molecule has 1 aromatic rings. The Morgan fingerprint density at radius 1 is 1.43 bits per heavy atom. The summed E-state index contributed by atoms with van der Waals surface area (Å²) in [5, 5.41) is 9.05. The molecule has 0 bridgehead atoms. The van der Waals surface area contributed by atoms with Gasteiger partial charge in [-0.3, -0.25) is 9.59 Å². The van der Waals surface area contributed by atoms with Crippen LogP contribution in [0, 0.1) is 17.7 Å². The number of benzene rings is 1. The average molecular weight is 356 g/mol. The molecule has 0 spiro atoms. The lowest BCUT2D eigenvalue weighted by Gasteiger charge is -2.12. The zero-order valence-corrected chi connectivity index (χ0v) is 13.0. The van der Waals surface area contributed by atoms with Gasteiger partial charge in [-0.15, -0.1) is 0 Å². The largest absolute Gasteiger partial charge is 0.481 e. The summed E-state index contributed by atoms with van der Waals surface area (Å²) in [6, 6.07) is 4.46. The summed E-state index contributed by atoms with van der Waals surface area (Å²) in [4.78, 5) is 24.6. The maximum atomic E-state index is 13.6. The number of carboxylic acid groups (broad SMARTS) is 1. The fourth-order valence-corrected chi connectivity index (χ4v) is 2.76. The molecule has 1 fully saturated rings. The maximum absolute atomic E-state index is 13.6. The van der Waals surface area contributed by atoms with Crippen LogP contribution in [-0.4, -0.2) is 35.0 Å². The smallest absolute Gasteiger partial charge is 0.308 e. The second-order valence-electron chi connectivity index (χ2n) is 5.16. The summed E-state index contributed by atoms with van der Waals surface area (Å²) in [5.41, 5.74) is 0.305. The van der Waals surface area contributed by atoms with Crippen LogP contribution >= 0.6 is 15.9 Å². The van der Waals surface area contributed by atoms with E-state index in [1.165, 1.54) is 23.1 Å². The van der Waals surface area contributed by atoms with Gasteiger partial charge in [0.15, 0.2) is 0 Å². The van der Waals surface area contributed by atoms with E-state index in [1.807, 2.05) is 6.92 Å². The zero-order chi connectivity index (χ0) is 15.6. The number of carbonyl (C=O) groups excluding carboxylic acids is 1. The molecule has 1 saturated heterocycles. The highest BCUT2D eigenvalue weighted by molar-refractivity contribution is 9.10. The number of amides is 1. The zero-order valence-electron chi connectivity index (χ0n) is 11.4. The van der Waals surface area contributed by atoms with Crippen LogP contribution in [0.15, 0.2) is 28.7 Å². The third-order valence-electron chi connectivity index (χ3n) is 3.60. The predicted molar refractivity (Wildman–Crippen MR) is 80.0 cm³/mol. The molecule has 2 atom stereocenters. The van der Waals surface area contributed by atoms with E-state index in [4.69, 9.17) is 5.11 Å². The number of hydrogen-bond donors (Lipinski definition) is 1. The number of nitrogens with zero attached hydrogens (tertiary/aromatic N) is 1. The van der Waals surface area contributed by atoms with Gasteiger partial charge in [-0.1, -0.05) is 22.9 Å². The summed E-state index contributed by atoms with van der Waals surface area (Å²) in [6.07, 6.45) is 2.68. The highest BCUT2D eigenvalue weighted by Crippen LogP contribution is 2.23. The van der Waals surface area contributed by atoms with Crippen LogP contribution in [0.1, 0.15) is 12.5 Å². The van der Waals surface area contributed by atoms with Gasteiger partial charge in [0, 0.05) is 29.2 Å². The third kappa shape index (κ3) is 3.69. The van der Waals surface area contributed by atoms with Gasteiger partial charge in [-0.2, -0.15) is 0 Å². The van der Waals surface area contributed by atoms with Crippen molar-refractivity contribution in [2.45, 2.75) is 6.92 Å². The monoisotopic (exact) mass is 355 g/mol. The van der Waals surface area contributed by atoms with Crippen LogP contribution in [0.2, 0.25) is 0 Å². The second kappa shape index (κ2) is 6.39. The number of halogens is 2. The normalized spacial score (nSPS) is 22.0. The highest BCUT2D eigenvalue weighted by atomic mass is 79.9. The number of hydrogen-bond acceptors (Lipinski definition) is 2. The number of rotatable bonds is 3. The lowest BCUT2D eigenvalue weighted by molar-refractivity contribution is -0.142. The Hall–Kier alpha value is -1.69. The number of carboxylic acids is 1. The molecule has 4 nitrogen and oxygen atoms in total. The molecule has 1 aliphatic heterocycles. The number of carbonyl (C=O) groups is 2. The third-order valence-corrected chi connectivity index (χ3v) is 4.10. The predicted octanol–water partition coefficient (Wildman–Crippen LogP) is 2.78. The van der Waals surface area contributed by atoms with Crippen molar-refractivity contribution < 1.29 is 19.1 Å². The molecular formula is C15H15BrFNO3. The van der Waals surface area contributed by atoms with Crippen LogP contribution in [0.4, 0.5) is 4.39 Å². The number of likely N-dealkylation sites (tertiary alicyclic amines) is 1. The lowest BCUT2D eigenvalue weighted by atomic mass is 9.99. The van der Waals surface area contributed by atoms with Gasteiger partial charge in [0.05, 0.1) is 5.92 Å². The summed E-state index contributed by atoms with van der Waals surface area (Å²) in [7, 11) is 0. The van der Waals surface area contributed by atoms with E-state index < -0.39 is 17.7 Å². The van der Waals surface area contributed by atoms with E-state index >= 15 is 0 Å². The molecular weight excluding hydrogens is 341 g/mol. The Labute approximate surface area is 130 Å². The van der Waals surface area contributed by atoms with Crippen molar-refractivity contribution in [3.8, 4) is 0 Å². The first-order valence-electron chi connectivity index (χ1n) is 6.53. The van der Waals surface area contributed by atoms with Crippen molar-refractivity contribution in [2.75, 3.05) is 13.1 Å². The minimum atomic E-state index is -0.889. The van der Waals surface area contributed by atoms with E-state index in [2.05, 4.69) is 15.9 Å². The standard InChI is InChI=1S/C15H15BrFNO3/c1-9-7-18(8-12(9)15(20)21)14(19)5-2-10-6-11(16)3-4-13(10)17/h2-6,9,12H,7-8H2,1H3,(H,20,21). The van der Waals surface area contributed by atoms with Gasteiger partial charge in [-0.05, 0) is 30.2 Å². The molecule has 1 amide bonds. The number of aliphatic carboxylic acids is 1. The van der Waals surface area contributed by atoms with E-state index in [0.29, 0.717) is 12.1 Å². The summed E-state index contributed by atoms with van der Waals surface area (Å²) >= 11 is 3.24. The molecule has 2 unspecified atom stereocenters. The molecule has 0 radical (unpaired) electrons. The highest BCUT2D eigenvalue weighted by Gasteiger charge is 2.36. The Bertz CT molecular complexity index is 603. The van der Waals surface area contributed by atoms with Gasteiger partial charge in [0.2, 0.25) is 5.91 Å². The fraction of sp³-hybridized carbons (Fsp3) is 0.333. The van der Waals surface area contributed by atoms with Crippen LogP contribution in [0.25, 0.3) is 6.08 Å². The van der Waals surface area contributed by atoms with Gasteiger partial charge in [0.25, 0.3) is 0 Å². The molecule has 0 aliphatic carbocycles. The SMILES string of the molecule is CC1CN(C(=O)C=Cc2cc(Br)ccc2F)CC1C(=O)O. The van der Waals surface area contributed by atoms with Crippen molar-refractivity contribution in [2.24, 2.45) is 11.8 Å². The Kier molecular flexibility index (Phi) is 4.77. The summed E-state index contributed by atoms with van der Waals surface area (Å²) in [6.45, 7) is 2.41. The lowest BCUT2D eigenvalue weighted by Crippen LogP contribution is -2.28. The first kappa shape index (κ1) is 15.7. The van der Waals surface area contributed by atoms with Crippen molar-refractivity contribution in [3.63, 3.8) is 0 Å². The van der Waals surface area contributed by atoms with Crippen molar-refractivity contribution in [1.82, 2.24) is 4.90 Å². The molecule has 6 heteroatoms. The Morgan fingerprint density at radius 3 is 2.76 bits per heavy atom. The average Bonchev–Trinajstić information content (AvgIpc) is 2.82. The van der Waals surface area contributed by atoms with Crippen LogP contribution in [0.5, 0.6) is 0 Å². The molecule has 1 aromatic carbocycles. The molecule has 0 aromatic heterocycles. The quantitative estimate of drug-likeness (QED) is 0.848. The first-order chi connectivity index (χ1) is 9.88. The fourth-order valence-electron chi connectivity index (χ4n) is 2.38. The van der Waals surface area contributed by atoms with Gasteiger partial charge < -0.3 is 10.0 Å². The molecule has 1 heterocycles. The minimum Gasteiger partial charge on any atom is -0.481 e. The molecule has 1 aliphatic rings. The summed E-state index contributed by atoms with van der Waals surface area (Å²) in [5.74, 6) is -2.22. The molecule has 0 saturated carbocycles. The maximum Gasteiger partial charge on any atom is 0.308 e. The molecule has 1 N–H and O–H groups in total. The topological polar surface area (TPSA) is 57.6 Å². The molecule has 2 rings (SSSR count). The van der Waals surface area contributed by atoms with Crippen molar-refractivity contribution >= 4 is 33.9 Å². The van der Waals surface area contributed by atoms with Gasteiger partial charge >= 0.3 is 5.97 Å². The van der Waals surface area contributed by atoms with E-state index in [1.54, 1.807) is 12.1 Å². The van der Waals surface area contributed by atoms with Crippen molar-refractivity contribution in [1.29, 1.82) is 0 Å². The van der Waals surface area contributed by atoms with Gasteiger partial charge in [0.1, 0.15) is 5.82 Å². The second-order valence-corrected chi connectivity index (χ2v) is 6.08. The van der Waals surface area contributed by atoms with E-state index in [0.717, 1.165) is 4.47 Å². The van der Waals surface area contributed by atoms with E-state index in [9.17, 15) is 14.0 Å². The summed E-state index contributed by atoms with van der Waals surface area (Å²) < 4.78 is 14.3.